The zero-order valence-corrected chi connectivity index (χ0v) is 13.9. The molecule has 1 aliphatic rings. The van der Waals surface area contributed by atoms with Gasteiger partial charge in [-0.05, 0) is 29.7 Å². The van der Waals surface area contributed by atoms with E-state index < -0.39 is 6.09 Å². The van der Waals surface area contributed by atoms with E-state index in [4.69, 9.17) is 9.47 Å². The molecule has 128 valence electrons. The second kappa shape index (κ2) is 8.10. The number of carbonyl (C=O) groups excluding carboxylic acids is 1. The number of hydrogen-bond acceptors (Lipinski definition) is 5. The summed E-state index contributed by atoms with van der Waals surface area (Å²) in [5.74, 6) is 0.671. The molecule has 1 atom stereocenters. The maximum atomic E-state index is 11.9. The van der Waals surface area contributed by atoms with E-state index in [-0.39, 0.29) is 12.6 Å². The summed E-state index contributed by atoms with van der Waals surface area (Å²) in [6.45, 7) is 0.207. The van der Waals surface area contributed by atoms with Crippen LogP contribution in [-0.4, -0.2) is 31.8 Å². The Kier molecular flexibility index (Phi) is 5.41. The summed E-state index contributed by atoms with van der Waals surface area (Å²) < 4.78 is 10.4. The molecule has 6 nitrogen and oxygen atoms in total. The van der Waals surface area contributed by atoms with E-state index in [1.165, 1.54) is 5.56 Å². The average Bonchev–Trinajstić information content (AvgIpc) is 3.14. The lowest BCUT2D eigenvalue weighted by molar-refractivity contribution is 0.155. The molecule has 0 aromatic heterocycles. The highest BCUT2D eigenvalue weighted by Gasteiger charge is 2.08. The van der Waals surface area contributed by atoms with Crippen LogP contribution in [0.25, 0.3) is 0 Å². The summed E-state index contributed by atoms with van der Waals surface area (Å²) in [5.41, 5.74) is 2.71. The Balaban J connectivity index is 1.48. The van der Waals surface area contributed by atoms with Gasteiger partial charge in [0, 0.05) is 18.0 Å². The van der Waals surface area contributed by atoms with Crippen LogP contribution in [0.3, 0.4) is 0 Å². The van der Waals surface area contributed by atoms with Gasteiger partial charge in [-0.1, -0.05) is 30.3 Å². The first-order valence-corrected chi connectivity index (χ1v) is 7.93. The van der Waals surface area contributed by atoms with Gasteiger partial charge in [-0.2, -0.15) is 0 Å². The molecule has 1 heterocycles. The molecule has 0 spiro atoms. The molecule has 0 aliphatic carbocycles. The minimum Gasteiger partial charge on any atom is -0.497 e. The topological polar surface area (TPSA) is 72.3 Å². The summed E-state index contributed by atoms with van der Waals surface area (Å²) >= 11 is 0. The number of benzene rings is 2. The molecule has 0 bridgehead atoms. The number of rotatable bonds is 6. The highest BCUT2D eigenvalue weighted by molar-refractivity contribution is 5.84. The maximum absolute atomic E-state index is 11.9. The van der Waals surface area contributed by atoms with Crippen molar-refractivity contribution in [1.29, 1.82) is 0 Å². The molecule has 2 aromatic carbocycles. The van der Waals surface area contributed by atoms with Crippen molar-refractivity contribution in [2.75, 3.05) is 12.4 Å². The second-order valence-corrected chi connectivity index (χ2v) is 5.58. The summed E-state index contributed by atoms with van der Waals surface area (Å²) in [6.07, 6.45) is 3.72. The average molecular weight is 337 g/mol. The highest BCUT2D eigenvalue weighted by atomic mass is 16.5. The number of carbonyl (C=O) groups is 1. The Morgan fingerprint density at radius 3 is 2.68 bits per heavy atom. The molecular formula is C19H19N3O3. The predicted octanol–water partition coefficient (Wildman–Crippen LogP) is 3.47. The number of ether oxygens (including phenoxy) is 2. The molecule has 0 fully saturated rings. The van der Waals surface area contributed by atoms with Crippen LogP contribution in [0.2, 0.25) is 0 Å². The van der Waals surface area contributed by atoms with Crippen molar-refractivity contribution in [3.63, 3.8) is 0 Å². The van der Waals surface area contributed by atoms with Gasteiger partial charge in [-0.25, -0.2) is 9.79 Å². The molecule has 6 heteroatoms. The number of nitrogens with zero attached hydrogens (tertiary/aromatic N) is 2. The Morgan fingerprint density at radius 1 is 1.16 bits per heavy atom. The van der Waals surface area contributed by atoms with Crippen LogP contribution < -0.4 is 10.1 Å². The fourth-order valence-electron chi connectivity index (χ4n) is 2.42. The molecule has 1 amide bonds. The first-order chi connectivity index (χ1) is 12.2. The minimum absolute atomic E-state index is 0.121. The van der Waals surface area contributed by atoms with Crippen LogP contribution in [0, 0.1) is 0 Å². The maximum Gasteiger partial charge on any atom is 0.411 e. The van der Waals surface area contributed by atoms with Crippen LogP contribution >= 0.6 is 0 Å². The van der Waals surface area contributed by atoms with E-state index in [9.17, 15) is 4.79 Å². The lowest BCUT2D eigenvalue weighted by Gasteiger charge is -2.09. The van der Waals surface area contributed by atoms with Gasteiger partial charge in [-0.3, -0.25) is 10.3 Å². The summed E-state index contributed by atoms with van der Waals surface area (Å²) in [6, 6.07) is 15.1. The lowest BCUT2D eigenvalue weighted by Crippen LogP contribution is -2.13. The number of nitrogens with one attached hydrogen (secondary N) is 1. The number of anilines is 1. The zero-order chi connectivity index (χ0) is 17.5. The largest absolute Gasteiger partial charge is 0.497 e. The van der Waals surface area contributed by atoms with E-state index in [0.717, 1.165) is 12.0 Å². The molecule has 2 aromatic rings. The number of hydrogen-bond donors (Lipinski definition) is 1. The van der Waals surface area contributed by atoms with Gasteiger partial charge < -0.3 is 9.47 Å². The van der Waals surface area contributed by atoms with Gasteiger partial charge in [0.2, 0.25) is 0 Å². The van der Waals surface area contributed by atoms with Crippen molar-refractivity contribution < 1.29 is 14.3 Å². The van der Waals surface area contributed by atoms with Crippen LogP contribution in [0.4, 0.5) is 10.5 Å². The lowest BCUT2D eigenvalue weighted by atomic mass is 10.1. The SMILES string of the molecule is COc1cccc(NC(=O)OCc2ccc(CC3C=NC=N3)cc2)c1. The molecular weight excluding hydrogens is 318 g/mol. The summed E-state index contributed by atoms with van der Waals surface area (Å²) in [4.78, 5) is 20.1. The summed E-state index contributed by atoms with van der Waals surface area (Å²) in [5, 5.41) is 2.67. The third-order valence-corrected chi connectivity index (χ3v) is 3.74. The summed E-state index contributed by atoms with van der Waals surface area (Å²) in [7, 11) is 1.58. The van der Waals surface area contributed by atoms with Crippen molar-refractivity contribution in [2.24, 2.45) is 9.98 Å². The number of amides is 1. The predicted molar refractivity (Wildman–Crippen MR) is 97.7 cm³/mol. The monoisotopic (exact) mass is 337 g/mol. The minimum atomic E-state index is -0.506. The highest BCUT2D eigenvalue weighted by Crippen LogP contribution is 2.17. The van der Waals surface area contributed by atoms with Gasteiger partial charge in [0.15, 0.2) is 0 Å². The van der Waals surface area contributed by atoms with Gasteiger partial charge in [-0.15, -0.1) is 0 Å². The van der Waals surface area contributed by atoms with E-state index in [1.54, 1.807) is 37.7 Å². The second-order valence-electron chi connectivity index (χ2n) is 5.58. The molecule has 1 unspecified atom stereocenters. The Labute approximate surface area is 146 Å². The Morgan fingerprint density at radius 2 is 1.96 bits per heavy atom. The van der Waals surface area contributed by atoms with E-state index in [1.807, 2.05) is 30.5 Å². The Hall–Kier alpha value is -3.15. The van der Waals surface area contributed by atoms with Gasteiger partial charge in [0.05, 0.1) is 13.2 Å². The smallest absolute Gasteiger partial charge is 0.411 e. The standard InChI is InChI=1S/C19H19N3O3/c1-24-18-4-2-3-16(10-18)22-19(23)25-12-15-7-5-14(6-8-15)9-17-11-20-13-21-17/h2-8,10-11,13,17H,9,12H2,1H3,(H,22,23). The quantitative estimate of drug-likeness (QED) is 0.877. The van der Waals surface area contributed by atoms with Crippen LogP contribution in [0.5, 0.6) is 5.75 Å². The van der Waals surface area contributed by atoms with Crippen LogP contribution in [0.1, 0.15) is 11.1 Å². The molecule has 0 saturated heterocycles. The van der Waals surface area contributed by atoms with E-state index >= 15 is 0 Å². The number of aliphatic imine (C=N–C) groups is 2. The normalized spacial score (nSPS) is 15.2. The molecule has 1 aliphatic heterocycles. The third kappa shape index (κ3) is 4.91. The van der Waals surface area contributed by atoms with Crippen molar-refractivity contribution in [2.45, 2.75) is 19.1 Å². The first kappa shape index (κ1) is 16.7. The zero-order valence-electron chi connectivity index (χ0n) is 13.9. The van der Waals surface area contributed by atoms with Crippen LogP contribution in [0.15, 0.2) is 58.5 Å². The van der Waals surface area contributed by atoms with Crippen molar-refractivity contribution in [1.82, 2.24) is 0 Å². The first-order valence-electron chi connectivity index (χ1n) is 7.93. The third-order valence-electron chi connectivity index (χ3n) is 3.74. The van der Waals surface area contributed by atoms with E-state index in [2.05, 4.69) is 15.3 Å². The fourth-order valence-corrected chi connectivity index (χ4v) is 2.42. The van der Waals surface area contributed by atoms with Crippen molar-refractivity contribution in [3.05, 3.63) is 59.7 Å². The molecule has 25 heavy (non-hydrogen) atoms. The van der Waals surface area contributed by atoms with Gasteiger partial charge in [0.1, 0.15) is 18.7 Å². The van der Waals surface area contributed by atoms with Gasteiger partial charge in [0.25, 0.3) is 0 Å². The van der Waals surface area contributed by atoms with Crippen molar-refractivity contribution >= 4 is 24.3 Å². The fraction of sp³-hybridized carbons (Fsp3) is 0.211. The molecule has 3 rings (SSSR count). The molecule has 1 N–H and O–H groups in total. The molecule has 0 saturated carbocycles. The number of methoxy groups -OCH3 is 1. The van der Waals surface area contributed by atoms with Gasteiger partial charge >= 0.3 is 6.09 Å². The van der Waals surface area contributed by atoms with E-state index in [0.29, 0.717) is 11.4 Å². The molecule has 0 radical (unpaired) electrons. The van der Waals surface area contributed by atoms with Crippen LogP contribution in [-0.2, 0) is 17.8 Å². The Bertz CT molecular complexity index is 773. The van der Waals surface area contributed by atoms with Crippen molar-refractivity contribution in [3.8, 4) is 5.75 Å².